The van der Waals surface area contributed by atoms with Crippen molar-refractivity contribution in [2.75, 3.05) is 6.54 Å². The molecule has 0 saturated heterocycles. The number of aliphatic carboxylic acids is 1. The molecule has 1 heterocycles. The molecule has 2 rings (SSSR count). The summed E-state index contributed by atoms with van der Waals surface area (Å²) in [5.41, 5.74) is 17.7. The number of amides is 3. The lowest BCUT2D eigenvalue weighted by Crippen LogP contribution is -2.60. The molecule has 0 spiro atoms. The van der Waals surface area contributed by atoms with Crippen LogP contribution in [0.3, 0.4) is 0 Å². The number of nitrogens with two attached hydrogens (primary N) is 3. The van der Waals surface area contributed by atoms with Crippen molar-refractivity contribution in [2.24, 2.45) is 22.2 Å². The van der Waals surface area contributed by atoms with Crippen molar-refractivity contribution in [3.05, 3.63) is 54.1 Å². The standard InChI is InChI=1S/C25H37N9O6/c1-14(35)20(23(38)33-19(24(39)40)10-15-6-3-2-4-7-15)34-22(37)18(11-16-12-29-13-31-16)32-21(36)17(26)8-5-9-30-25(27)28/h2-4,6-7,12-14,17-20,35H,5,8-11,26H2,1H3,(H,29,31)(H,32,36)(H,33,38)(H,34,37)(H,39,40)(H4,27,28,30). The number of H-pyrrole nitrogens is 1. The first-order valence-corrected chi connectivity index (χ1v) is 12.6. The lowest BCUT2D eigenvalue weighted by molar-refractivity contribution is -0.143. The van der Waals surface area contributed by atoms with Gasteiger partial charge in [-0.1, -0.05) is 30.3 Å². The third-order valence-electron chi connectivity index (χ3n) is 5.88. The van der Waals surface area contributed by atoms with Gasteiger partial charge in [0.25, 0.3) is 0 Å². The van der Waals surface area contributed by atoms with Gasteiger partial charge in [-0.15, -0.1) is 0 Å². The Labute approximate surface area is 231 Å². The van der Waals surface area contributed by atoms with Crippen LogP contribution in [-0.4, -0.2) is 86.6 Å². The van der Waals surface area contributed by atoms with Crippen LogP contribution < -0.4 is 33.2 Å². The van der Waals surface area contributed by atoms with E-state index in [2.05, 4.69) is 30.9 Å². The van der Waals surface area contributed by atoms with Crippen molar-refractivity contribution in [3.8, 4) is 0 Å². The number of aliphatic hydroxyl groups excluding tert-OH is 1. The molecule has 0 aliphatic heterocycles. The number of aliphatic imine (C=N–C) groups is 1. The topological polar surface area (TPSA) is 264 Å². The molecular formula is C25H37N9O6. The molecule has 40 heavy (non-hydrogen) atoms. The molecule has 5 atom stereocenters. The van der Waals surface area contributed by atoms with Crippen LogP contribution in [0.25, 0.3) is 0 Å². The molecule has 0 aliphatic rings. The maximum Gasteiger partial charge on any atom is 0.326 e. The Morgan fingerprint density at radius 3 is 2.25 bits per heavy atom. The largest absolute Gasteiger partial charge is 0.480 e. The molecule has 0 bridgehead atoms. The second-order valence-electron chi connectivity index (χ2n) is 9.21. The predicted molar refractivity (Wildman–Crippen MR) is 145 cm³/mol. The van der Waals surface area contributed by atoms with Crippen molar-refractivity contribution < 1.29 is 29.4 Å². The highest BCUT2D eigenvalue weighted by Crippen LogP contribution is 2.07. The van der Waals surface area contributed by atoms with Crippen LogP contribution in [-0.2, 0) is 32.0 Å². The summed E-state index contributed by atoms with van der Waals surface area (Å²) in [6.45, 7) is 1.54. The van der Waals surface area contributed by atoms with Crippen LogP contribution in [0.1, 0.15) is 31.0 Å². The lowest BCUT2D eigenvalue weighted by atomic mass is 10.0. The van der Waals surface area contributed by atoms with Gasteiger partial charge in [-0.25, -0.2) is 9.78 Å². The van der Waals surface area contributed by atoms with Gasteiger partial charge in [0, 0.05) is 31.3 Å². The number of rotatable bonds is 16. The number of carboxylic acid groups (broad SMARTS) is 1. The minimum Gasteiger partial charge on any atom is -0.480 e. The van der Waals surface area contributed by atoms with Crippen molar-refractivity contribution in [3.63, 3.8) is 0 Å². The molecular weight excluding hydrogens is 522 g/mol. The number of carbonyl (C=O) groups excluding carboxylic acids is 3. The first-order chi connectivity index (χ1) is 19.0. The van der Waals surface area contributed by atoms with Crippen molar-refractivity contribution in [2.45, 2.75) is 62.9 Å². The van der Waals surface area contributed by atoms with Gasteiger partial charge in [-0.2, -0.15) is 0 Å². The van der Waals surface area contributed by atoms with Gasteiger partial charge < -0.3 is 48.3 Å². The maximum absolute atomic E-state index is 13.2. The monoisotopic (exact) mass is 559 g/mol. The molecule has 0 aliphatic carbocycles. The summed E-state index contributed by atoms with van der Waals surface area (Å²) in [5.74, 6) is -3.70. The van der Waals surface area contributed by atoms with E-state index in [4.69, 9.17) is 17.2 Å². The van der Waals surface area contributed by atoms with Gasteiger partial charge in [-0.3, -0.25) is 19.4 Å². The summed E-state index contributed by atoms with van der Waals surface area (Å²) in [6, 6.07) is 3.66. The van der Waals surface area contributed by atoms with Gasteiger partial charge in [0.15, 0.2) is 5.96 Å². The molecule has 0 saturated carbocycles. The van der Waals surface area contributed by atoms with Gasteiger partial charge in [0.05, 0.1) is 18.5 Å². The fraction of sp³-hybridized carbons (Fsp3) is 0.440. The normalized spacial score (nSPS) is 14.6. The van der Waals surface area contributed by atoms with Gasteiger partial charge in [0.2, 0.25) is 17.7 Å². The predicted octanol–water partition coefficient (Wildman–Crippen LogP) is -2.50. The van der Waals surface area contributed by atoms with Crippen LogP contribution in [0.5, 0.6) is 0 Å². The molecule has 2 aromatic rings. The number of carboxylic acids is 1. The number of hydrogen-bond donors (Lipinski definition) is 9. The highest BCUT2D eigenvalue weighted by Gasteiger charge is 2.33. The van der Waals surface area contributed by atoms with E-state index in [1.54, 1.807) is 30.3 Å². The Bertz CT molecular complexity index is 1140. The average Bonchev–Trinajstić information content (AvgIpc) is 3.42. The average molecular weight is 560 g/mol. The third kappa shape index (κ3) is 10.7. The van der Waals surface area contributed by atoms with Crippen molar-refractivity contribution in [1.29, 1.82) is 0 Å². The van der Waals surface area contributed by atoms with Crippen LogP contribution in [0.15, 0.2) is 47.8 Å². The fourth-order valence-electron chi connectivity index (χ4n) is 3.73. The van der Waals surface area contributed by atoms with E-state index in [1.165, 1.54) is 19.4 Å². The number of imidazole rings is 1. The molecule has 12 N–H and O–H groups in total. The summed E-state index contributed by atoms with van der Waals surface area (Å²) in [4.78, 5) is 61.3. The van der Waals surface area contributed by atoms with E-state index in [9.17, 15) is 29.4 Å². The molecule has 1 aromatic heterocycles. The number of nitrogens with one attached hydrogen (secondary N) is 4. The third-order valence-corrected chi connectivity index (χ3v) is 5.88. The molecule has 5 unspecified atom stereocenters. The van der Waals surface area contributed by atoms with Crippen molar-refractivity contribution in [1.82, 2.24) is 25.9 Å². The number of hydrogen-bond acceptors (Lipinski definition) is 8. The first-order valence-electron chi connectivity index (χ1n) is 12.6. The summed E-state index contributed by atoms with van der Waals surface area (Å²) in [6.07, 6.45) is 2.07. The van der Waals surface area contributed by atoms with E-state index in [1.807, 2.05) is 0 Å². The molecule has 15 heteroatoms. The van der Waals surface area contributed by atoms with E-state index in [0.717, 1.165) is 0 Å². The van der Waals surface area contributed by atoms with E-state index in [0.29, 0.717) is 17.7 Å². The summed E-state index contributed by atoms with van der Waals surface area (Å²) >= 11 is 0. The smallest absolute Gasteiger partial charge is 0.326 e. The Balaban J connectivity index is 2.11. The molecule has 1 aromatic carbocycles. The summed E-state index contributed by atoms with van der Waals surface area (Å²) < 4.78 is 0. The first kappa shape index (κ1) is 31.7. The quantitative estimate of drug-likeness (QED) is 0.0592. The summed E-state index contributed by atoms with van der Waals surface area (Å²) in [5, 5.41) is 27.2. The van der Waals surface area contributed by atoms with Crippen LogP contribution in [0.4, 0.5) is 0 Å². The van der Waals surface area contributed by atoms with Crippen LogP contribution in [0, 0.1) is 0 Å². The Morgan fingerprint density at radius 2 is 1.68 bits per heavy atom. The van der Waals surface area contributed by atoms with Gasteiger partial charge in [-0.05, 0) is 25.3 Å². The highest BCUT2D eigenvalue weighted by molar-refractivity contribution is 5.94. The Hall–Kier alpha value is -4.50. The molecule has 3 amide bonds. The minimum atomic E-state index is -1.51. The lowest BCUT2D eigenvalue weighted by Gasteiger charge is -2.26. The maximum atomic E-state index is 13.2. The molecule has 0 radical (unpaired) electrons. The number of carbonyl (C=O) groups is 4. The van der Waals surface area contributed by atoms with E-state index < -0.39 is 54.0 Å². The zero-order chi connectivity index (χ0) is 29.7. The SMILES string of the molecule is CC(O)C(NC(=O)C(Cc1cnc[nH]1)NC(=O)C(N)CCCN=C(N)N)C(=O)NC(Cc1ccccc1)C(=O)O. The number of aromatic amines is 1. The van der Waals surface area contributed by atoms with Crippen LogP contribution in [0.2, 0.25) is 0 Å². The van der Waals surface area contributed by atoms with E-state index >= 15 is 0 Å². The minimum absolute atomic E-state index is 0.0119. The fourth-order valence-corrected chi connectivity index (χ4v) is 3.73. The zero-order valence-corrected chi connectivity index (χ0v) is 22.1. The van der Waals surface area contributed by atoms with Crippen molar-refractivity contribution >= 4 is 29.7 Å². The second kappa shape index (κ2) is 15.8. The number of nitrogens with zero attached hydrogens (tertiary/aromatic N) is 2. The Kier molecular flexibility index (Phi) is 12.5. The molecule has 218 valence electrons. The van der Waals surface area contributed by atoms with E-state index in [-0.39, 0.29) is 31.8 Å². The van der Waals surface area contributed by atoms with Gasteiger partial charge >= 0.3 is 5.97 Å². The van der Waals surface area contributed by atoms with Gasteiger partial charge in [0.1, 0.15) is 18.1 Å². The number of benzene rings is 1. The summed E-state index contributed by atoms with van der Waals surface area (Å²) in [7, 11) is 0. The molecule has 15 nitrogen and oxygen atoms in total. The Morgan fingerprint density at radius 1 is 1.00 bits per heavy atom. The number of aromatic nitrogens is 2. The highest BCUT2D eigenvalue weighted by atomic mass is 16.4. The van der Waals surface area contributed by atoms with Crippen LogP contribution >= 0.6 is 0 Å². The number of aliphatic hydroxyl groups is 1. The second-order valence-corrected chi connectivity index (χ2v) is 9.21. The number of guanidine groups is 1. The molecule has 0 fully saturated rings. The zero-order valence-electron chi connectivity index (χ0n) is 22.1.